The lowest BCUT2D eigenvalue weighted by Crippen LogP contribution is -2.20. The van der Waals surface area contributed by atoms with Gasteiger partial charge in [-0.05, 0) is 37.0 Å². The number of rotatable bonds is 5. The summed E-state index contributed by atoms with van der Waals surface area (Å²) >= 11 is 11.8. The summed E-state index contributed by atoms with van der Waals surface area (Å²) < 4.78 is 0. The second-order valence-corrected chi connectivity index (χ2v) is 4.65. The van der Waals surface area contributed by atoms with Gasteiger partial charge in [-0.25, -0.2) is 0 Å². The molecule has 0 heterocycles. The molecule has 2 N–H and O–H groups in total. The fourth-order valence-electron chi connectivity index (χ4n) is 1.56. The summed E-state index contributed by atoms with van der Waals surface area (Å²) in [6.07, 6.45) is 4.20. The van der Waals surface area contributed by atoms with Crippen LogP contribution in [0.1, 0.15) is 31.7 Å². The van der Waals surface area contributed by atoms with E-state index in [4.69, 9.17) is 28.9 Å². The van der Waals surface area contributed by atoms with Crippen molar-refractivity contribution in [1.82, 2.24) is 0 Å². The minimum Gasteiger partial charge on any atom is -0.328 e. The average Bonchev–Trinajstić information content (AvgIpc) is 2.20. The Hall–Kier alpha value is -0.240. The van der Waals surface area contributed by atoms with Crippen molar-refractivity contribution in [3.8, 4) is 0 Å². The molecule has 1 atom stereocenters. The van der Waals surface area contributed by atoms with Crippen LogP contribution in [0.4, 0.5) is 0 Å². The van der Waals surface area contributed by atoms with Crippen LogP contribution in [-0.2, 0) is 6.42 Å². The minimum absolute atomic E-state index is 0.296. The van der Waals surface area contributed by atoms with Crippen LogP contribution < -0.4 is 5.73 Å². The molecule has 1 aromatic rings. The van der Waals surface area contributed by atoms with Gasteiger partial charge in [0.15, 0.2) is 0 Å². The zero-order chi connectivity index (χ0) is 11.3. The van der Waals surface area contributed by atoms with Gasteiger partial charge in [-0.1, -0.05) is 42.6 Å². The summed E-state index contributed by atoms with van der Waals surface area (Å²) in [7, 11) is 0. The summed E-state index contributed by atoms with van der Waals surface area (Å²) in [6.45, 7) is 2.15. The molecule has 0 bridgehead atoms. The summed E-state index contributed by atoms with van der Waals surface area (Å²) in [5.74, 6) is 0. The predicted octanol–water partition coefficient (Wildman–Crippen LogP) is 4.05. The lowest BCUT2D eigenvalue weighted by molar-refractivity contribution is 0.561. The standard InChI is InChI=1S/C12H17Cl2N/c1-2-3-10(15)6-4-9-5-7-11(13)12(14)8-9/h5,7-8,10H,2-4,6,15H2,1H3. The predicted molar refractivity (Wildman–Crippen MR) is 67.7 cm³/mol. The summed E-state index contributed by atoms with van der Waals surface area (Å²) in [6, 6.07) is 6.06. The molecule has 3 heteroatoms. The highest BCUT2D eigenvalue weighted by Crippen LogP contribution is 2.23. The molecular weight excluding hydrogens is 229 g/mol. The zero-order valence-electron chi connectivity index (χ0n) is 8.97. The molecule has 15 heavy (non-hydrogen) atoms. The Bertz CT molecular complexity index is 312. The topological polar surface area (TPSA) is 26.0 Å². The molecule has 1 unspecified atom stereocenters. The van der Waals surface area contributed by atoms with Crippen molar-refractivity contribution < 1.29 is 0 Å². The van der Waals surface area contributed by atoms with Gasteiger partial charge in [0.05, 0.1) is 10.0 Å². The third-order valence-corrected chi connectivity index (χ3v) is 3.19. The van der Waals surface area contributed by atoms with Crippen LogP contribution >= 0.6 is 23.2 Å². The lowest BCUT2D eigenvalue weighted by atomic mass is 10.0. The molecule has 0 aliphatic rings. The van der Waals surface area contributed by atoms with Crippen LogP contribution in [0, 0.1) is 0 Å². The van der Waals surface area contributed by atoms with Gasteiger partial charge in [0.1, 0.15) is 0 Å². The van der Waals surface area contributed by atoms with E-state index >= 15 is 0 Å². The monoisotopic (exact) mass is 245 g/mol. The van der Waals surface area contributed by atoms with Crippen LogP contribution in [0.25, 0.3) is 0 Å². The van der Waals surface area contributed by atoms with Gasteiger partial charge in [0.25, 0.3) is 0 Å². The van der Waals surface area contributed by atoms with Gasteiger partial charge >= 0.3 is 0 Å². The van der Waals surface area contributed by atoms with E-state index in [0.717, 1.165) is 25.7 Å². The highest BCUT2D eigenvalue weighted by Gasteiger charge is 2.03. The number of hydrogen-bond donors (Lipinski definition) is 1. The first kappa shape index (κ1) is 12.8. The van der Waals surface area contributed by atoms with Crippen molar-refractivity contribution in [2.45, 2.75) is 38.6 Å². The maximum Gasteiger partial charge on any atom is 0.0595 e. The van der Waals surface area contributed by atoms with E-state index in [0.29, 0.717) is 16.1 Å². The molecule has 0 aromatic heterocycles. The molecule has 1 aromatic carbocycles. The Morgan fingerprint density at radius 1 is 1.20 bits per heavy atom. The third kappa shape index (κ3) is 4.42. The van der Waals surface area contributed by atoms with E-state index < -0.39 is 0 Å². The molecule has 0 aliphatic heterocycles. The molecule has 0 saturated heterocycles. The van der Waals surface area contributed by atoms with Crippen LogP contribution in [-0.4, -0.2) is 6.04 Å². The number of aryl methyl sites for hydroxylation is 1. The molecular formula is C12H17Cl2N. The SMILES string of the molecule is CCCC(N)CCc1ccc(Cl)c(Cl)c1. The Morgan fingerprint density at radius 3 is 2.53 bits per heavy atom. The van der Waals surface area contributed by atoms with Crippen LogP contribution in [0.2, 0.25) is 10.0 Å². The summed E-state index contributed by atoms with van der Waals surface area (Å²) in [4.78, 5) is 0. The first-order chi connectivity index (χ1) is 7.13. The third-order valence-electron chi connectivity index (χ3n) is 2.45. The molecule has 0 radical (unpaired) electrons. The van der Waals surface area contributed by atoms with Crippen molar-refractivity contribution in [1.29, 1.82) is 0 Å². The van der Waals surface area contributed by atoms with E-state index in [1.807, 2.05) is 18.2 Å². The van der Waals surface area contributed by atoms with Crippen LogP contribution in [0.3, 0.4) is 0 Å². The van der Waals surface area contributed by atoms with Crippen molar-refractivity contribution in [3.63, 3.8) is 0 Å². The van der Waals surface area contributed by atoms with Gasteiger partial charge in [0, 0.05) is 6.04 Å². The largest absolute Gasteiger partial charge is 0.328 e. The highest BCUT2D eigenvalue weighted by atomic mass is 35.5. The van der Waals surface area contributed by atoms with E-state index in [2.05, 4.69) is 6.92 Å². The first-order valence-corrected chi connectivity index (χ1v) is 6.08. The van der Waals surface area contributed by atoms with Gasteiger partial charge in [-0.2, -0.15) is 0 Å². The Balaban J connectivity index is 2.47. The fraction of sp³-hybridized carbons (Fsp3) is 0.500. The second kappa shape index (κ2) is 6.37. The molecule has 0 aliphatic carbocycles. The Morgan fingerprint density at radius 2 is 1.93 bits per heavy atom. The second-order valence-electron chi connectivity index (χ2n) is 3.84. The fourth-order valence-corrected chi connectivity index (χ4v) is 1.88. The van der Waals surface area contributed by atoms with E-state index in [-0.39, 0.29) is 0 Å². The van der Waals surface area contributed by atoms with Gasteiger partial charge in [0.2, 0.25) is 0 Å². The molecule has 0 saturated carbocycles. The smallest absolute Gasteiger partial charge is 0.0595 e. The van der Waals surface area contributed by atoms with Gasteiger partial charge in [-0.15, -0.1) is 0 Å². The Kier molecular flexibility index (Phi) is 5.44. The van der Waals surface area contributed by atoms with Crippen molar-refractivity contribution in [3.05, 3.63) is 33.8 Å². The normalized spacial score (nSPS) is 12.8. The number of nitrogens with two attached hydrogens (primary N) is 1. The average molecular weight is 246 g/mol. The van der Waals surface area contributed by atoms with Crippen LogP contribution in [0.15, 0.2) is 18.2 Å². The Labute approximate surface area is 102 Å². The maximum absolute atomic E-state index is 5.94. The zero-order valence-corrected chi connectivity index (χ0v) is 10.5. The molecule has 1 rings (SSSR count). The highest BCUT2D eigenvalue weighted by molar-refractivity contribution is 6.42. The molecule has 0 fully saturated rings. The van der Waals surface area contributed by atoms with Crippen molar-refractivity contribution in [2.24, 2.45) is 5.73 Å². The van der Waals surface area contributed by atoms with Crippen molar-refractivity contribution >= 4 is 23.2 Å². The minimum atomic E-state index is 0.296. The lowest BCUT2D eigenvalue weighted by Gasteiger charge is -2.10. The quantitative estimate of drug-likeness (QED) is 0.833. The van der Waals surface area contributed by atoms with Crippen LogP contribution in [0.5, 0.6) is 0 Å². The van der Waals surface area contributed by atoms with Crippen molar-refractivity contribution in [2.75, 3.05) is 0 Å². The number of hydrogen-bond acceptors (Lipinski definition) is 1. The first-order valence-electron chi connectivity index (χ1n) is 5.33. The molecule has 0 amide bonds. The number of benzene rings is 1. The van der Waals surface area contributed by atoms with E-state index in [1.54, 1.807) is 0 Å². The molecule has 84 valence electrons. The van der Waals surface area contributed by atoms with E-state index in [9.17, 15) is 0 Å². The van der Waals surface area contributed by atoms with Gasteiger partial charge in [-0.3, -0.25) is 0 Å². The number of halogens is 2. The maximum atomic E-state index is 5.94. The summed E-state index contributed by atoms with van der Waals surface area (Å²) in [5.41, 5.74) is 7.15. The summed E-state index contributed by atoms with van der Waals surface area (Å²) in [5, 5.41) is 1.23. The van der Waals surface area contributed by atoms with E-state index in [1.165, 1.54) is 5.56 Å². The molecule has 0 spiro atoms. The molecule has 1 nitrogen and oxygen atoms in total. The van der Waals surface area contributed by atoms with Gasteiger partial charge < -0.3 is 5.73 Å².